The topological polar surface area (TPSA) is 237 Å². The van der Waals surface area contributed by atoms with Gasteiger partial charge in [-0.1, -0.05) is 260 Å². The molecule has 3 N–H and O–H groups in total. The Morgan fingerprint density at radius 3 is 0.927 bits per heavy atom. The van der Waals surface area contributed by atoms with E-state index in [-0.39, 0.29) is 25.7 Å². The zero-order valence-corrected chi connectivity index (χ0v) is 54.6. The Kier molecular flexibility index (Phi) is 54.3. The van der Waals surface area contributed by atoms with Gasteiger partial charge in [-0.15, -0.1) is 0 Å². The summed E-state index contributed by atoms with van der Waals surface area (Å²) in [4.78, 5) is 71.8. The number of phosphoric ester groups is 2. The molecule has 0 fully saturated rings. The highest BCUT2D eigenvalue weighted by Crippen LogP contribution is 2.45. The fraction of sp³-hybridized carbons (Fsp3) is 0.937. The van der Waals surface area contributed by atoms with Crippen molar-refractivity contribution in [3.05, 3.63) is 0 Å². The second-order valence-electron chi connectivity index (χ2n) is 23.5. The van der Waals surface area contributed by atoms with Gasteiger partial charge in [0.05, 0.1) is 26.4 Å². The lowest BCUT2D eigenvalue weighted by Gasteiger charge is -2.21. The van der Waals surface area contributed by atoms with Crippen LogP contribution in [-0.4, -0.2) is 96.7 Å². The fourth-order valence-electron chi connectivity index (χ4n) is 9.32. The van der Waals surface area contributed by atoms with Crippen LogP contribution in [0.1, 0.15) is 311 Å². The number of esters is 4. The summed E-state index contributed by atoms with van der Waals surface area (Å²) in [5.41, 5.74) is 0. The number of hydrogen-bond acceptors (Lipinski definition) is 15. The van der Waals surface area contributed by atoms with Crippen molar-refractivity contribution in [2.24, 2.45) is 11.8 Å². The van der Waals surface area contributed by atoms with Crippen LogP contribution in [0.25, 0.3) is 0 Å². The van der Waals surface area contributed by atoms with E-state index in [4.69, 9.17) is 37.0 Å². The first-order chi connectivity index (χ1) is 39.4. The van der Waals surface area contributed by atoms with Gasteiger partial charge in [-0.3, -0.25) is 37.3 Å². The van der Waals surface area contributed by atoms with Crippen LogP contribution in [0, 0.1) is 11.8 Å². The molecule has 82 heavy (non-hydrogen) atoms. The van der Waals surface area contributed by atoms with Gasteiger partial charge >= 0.3 is 39.5 Å². The zero-order valence-electron chi connectivity index (χ0n) is 52.8. The van der Waals surface area contributed by atoms with Gasteiger partial charge in [-0.25, -0.2) is 9.13 Å². The molecule has 0 rings (SSSR count). The molecule has 0 heterocycles. The van der Waals surface area contributed by atoms with E-state index in [1.807, 2.05) is 0 Å². The van der Waals surface area contributed by atoms with Gasteiger partial charge in [-0.05, 0) is 37.5 Å². The Hall–Kier alpha value is -1.94. The van der Waals surface area contributed by atoms with Gasteiger partial charge < -0.3 is 33.8 Å². The predicted octanol–water partition coefficient (Wildman–Crippen LogP) is 17.3. The third-order valence-electron chi connectivity index (χ3n) is 14.8. The van der Waals surface area contributed by atoms with Crippen LogP contribution in [0.15, 0.2) is 0 Å². The van der Waals surface area contributed by atoms with Crippen molar-refractivity contribution < 1.29 is 80.2 Å². The largest absolute Gasteiger partial charge is 0.472 e. The molecule has 0 saturated heterocycles. The van der Waals surface area contributed by atoms with E-state index in [1.54, 1.807) is 0 Å². The maximum Gasteiger partial charge on any atom is 0.472 e. The summed E-state index contributed by atoms with van der Waals surface area (Å²) in [5, 5.41) is 10.5. The lowest BCUT2D eigenvalue weighted by molar-refractivity contribution is -0.161. The van der Waals surface area contributed by atoms with Crippen LogP contribution < -0.4 is 0 Å². The smallest absolute Gasteiger partial charge is 0.462 e. The third kappa shape index (κ3) is 55.9. The molecular formula is C63H122O17P2. The Labute approximate surface area is 498 Å². The van der Waals surface area contributed by atoms with E-state index in [9.17, 15) is 43.2 Å². The normalized spacial score (nSPS) is 14.7. The molecule has 0 aliphatic rings. The summed E-state index contributed by atoms with van der Waals surface area (Å²) in [7, 11) is -9.87. The maximum atomic E-state index is 13.0. The highest BCUT2D eigenvalue weighted by molar-refractivity contribution is 7.47. The average Bonchev–Trinajstić information content (AvgIpc) is 3.46. The first-order valence-electron chi connectivity index (χ1n) is 33.0. The van der Waals surface area contributed by atoms with Crippen molar-refractivity contribution in [1.29, 1.82) is 0 Å². The molecule has 0 saturated carbocycles. The van der Waals surface area contributed by atoms with Gasteiger partial charge in [0.15, 0.2) is 12.2 Å². The minimum Gasteiger partial charge on any atom is -0.462 e. The summed E-state index contributed by atoms with van der Waals surface area (Å²) < 4.78 is 67.7. The van der Waals surface area contributed by atoms with Crippen molar-refractivity contribution in [2.45, 2.75) is 330 Å². The molecular weight excluding hydrogens is 1090 g/mol. The van der Waals surface area contributed by atoms with Crippen molar-refractivity contribution >= 4 is 39.5 Å². The molecule has 6 atom stereocenters. The van der Waals surface area contributed by atoms with Crippen molar-refractivity contribution in [3.8, 4) is 0 Å². The number of carbonyl (C=O) groups is 4. The third-order valence-corrected chi connectivity index (χ3v) is 16.7. The quantitative estimate of drug-likeness (QED) is 0.0222. The first kappa shape index (κ1) is 80.1. The first-order valence-corrected chi connectivity index (χ1v) is 36.0. The van der Waals surface area contributed by atoms with Crippen LogP contribution >= 0.6 is 15.6 Å². The Morgan fingerprint density at radius 1 is 0.354 bits per heavy atom. The Balaban J connectivity index is 5.13. The predicted molar refractivity (Wildman–Crippen MR) is 326 cm³/mol. The van der Waals surface area contributed by atoms with Crippen LogP contribution in [-0.2, 0) is 65.4 Å². The number of hydrogen-bond donors (Lipinski definition) is 3. The summed E-state index contributed by atoms with van der Waals surface area (Å²) in [5.74, 6) is -0.577. The molecule has 486 valence electrons. The van der Waals surface area contributed by atoms with Gasteiger partial charge in [0, 0.05) is 25.7 Å². The lowest BCUT2D eigenvalue weighted by Crippen LogP contribution is -2.30. The summed E-state index contributed by atoms with van der Waals surface area (Å²) in [6.45, 7) is 9.39. The molecule has 0 bridgehead atoms. The molecule has 3 unspecified atom stereocenters. The van der Waals surface area contributed by atoms with Gasteiger partial charge in [-0.2, -0.15) is 0 Å². The number of unbranched alkanes of at least 4 members (excludes halogenated alkanes) is 31. The summed E-state index contributed by atoms with van der Waals surface area (Å²) >= 11 is 0. The van der Waals surface area contributed by atoms with E-state index in [2.05, 4.69) is 41.5 Å². The van der Waals surface area contributed by atoms with Crippen molar-refractivity contribution in [1.82, 2.24) is 0 Å². The number of aliphatic hydroxyl groups excluding tert-OH is 1. The van der Waals surface area contributed by atoms with E-state index in [1.165, 1.54) is 116 Å². The van der Waals surface area contributed by atoms with Crippen LogP contribution in [0.3, 0.4) is 0 Å². The lowest BCUT2D eigenvalue weighted by atomic mass is 9.99. The molecule has 0 aromatic heterocycles. The SMILES string of the molecule is CCCCCCCCCCC(=O)O[C@H](COC(=O)CCCCCCC)COP(=O)(O)OC[C@H](O)COP(=O)(O)OC[C@@H](COC(=O)CCCCCCCCCCC(C)C)OC(=O)CCCCCCCCCCCCCCCCC(C)CC. The van der Waals surface area contributed by atoms with E-state index in [0.717, 1.165) is 115 Å². The maximum absolute atomic E-state index is 13.0. The summed E-state index contributed by atoms with van der Waals surface area (Å²) in [6, 6.07) is 0. The Morgan fingerprint density at radius 2 is 0.622 bits per heavy atom. The van der Waals surface area contributed by atoms with E-state index in [0.29, 0.717) is 25.7 Å². The van der Waals surface area contributed by atoms with E-state index >= 15 is 0 Å². The van der Waals surface area contributed by atoms with Crippen LogP contribution in [0.5, 0.6) is 0 Å². The minimum absolute atomic E-state index is 0.104. The standard InChI is InChI=1S/C63H122O17P2/c1-7-10-12-14-15-28-35-41-47-62(67)79-58(51-73-60(65)45-39-31-13-11-8-2)53-77-81(69,70)75-49-57(64)50-76-82(71,72)78-54-59(52-74-61(66)46-40-34-29-25-24-26-32-37-43-55(4)5)80-63(68)48-42-36-30-23-21-19-17-16-18-20-22-27-33-38-44-56(6)9-3/h55-59,64H,7-54H2,1-6H3,(H,69,70)(H,71,72)/t56?,57-,58+,59+/m0/s1. The zero-order chi connectivity index (χ0) is 60.8. The molecule has 17 nitrogen and oxygen atoms in total. The number of ether oxygens (including phenoxy) is 4. The van der Waals surface area contributed by atoms with Crippen LogP contribution in [0.4, 0.5) is 0 Å². The fourth-order valence-corrected chi connectivity index (χ4v) is 10.9. The average molecular weight is 1210 g/mol. The molecule has 0 aliphatic heterocycles. The second kappa shape index (κ2) is 55.6. The molecule has 0 aliphatic carbocycles. The molecule has 19 heteroatoms. The molecule has 0 aromatic rings. The molecule has 0 aromatic carbocycles. The highest BCUT2D eigenvalue weighted by Gasteiger charge is 2.30. The number of aliphatic hydroxyl groups is 1. The molecule has 0 amide bonds. The van der Waals surface area contributed by atoms with Crippen molar-refractivity contribution in [2.75, 3.05) is 39.6 Å². The molecule has 0 spiro atoms. The van der Waals surface area contributed by atoms with Gasteiger partial charge in [0.1, 0.15) is 19.3 Å². The van der Waals surface area contributed by atoms with Crippen LogP contribution in [0.2, 0.25) is 0 Å². The van der Waals surface area contributed by atoms with Gasteiger partial charge in [0.2, 0.25) is 0 Å². The highest BCUT2D eigenvalue weighted by atomic mass is 31.2. The number of rotatable bonds is 62. The Bertz CT molecular complexity index is 1620. The monoisotopic (exact) mass is 1210 g/mol. The second-order valence-corrected chi connectivity index (χ2v) is 26.4. The van der Waals surface area contributed by atoms with Gasteiger partial charge in [0.25, 0.3) is 0 Å². The summed E-state index contributed by atoms with van der Waals surface area (Å²) in [6.07, 6.45) is 38.0. The number of phosphoric acid groups is 2. The number of carbonyl (C=O) groups excluding carboxylic acids is 4. The van der Waals surface area contributed by atoms with E-state index < -0.39 is 97.5 Å². The minimum atomic E-state index is -4.94. The molecule has 0 radical (unpaired) electrons. The van der Waals surface area contributed by atoms with Crippen molar-refractivity contribution in [3.63, 3.8) is 0 Å².